The summed E-state index contributed by atoms with van der Waals surface area (Å²) in [7, 11) is 5.83. The van der Waals surface area contributed by atoms with Gasteiger partial charge in [0.2, 0.25) is 0 Å². The molecule has 1 aromatic rings. The third kappa shape index (κ3) is 5.89. The molecular weight excluding hydrogens is 286 g/mol. The van der Waals surface area contributed by atoms with Crippen LogP contribution in [0.5, 0.6) is 0 Å². The van der Waals surface area contributed by atoms with Crippen molar-refractivity contribution in [2.75, 3.05) is 39.1 Å². The van der Waals surface area contributed by atoms with Crippen molar-refractivity contribution in [3.05, 3.63) is 41.1 Å². The molecule has 126 valence electrons. The Hall–Kier alpha value is -2.10. The van der Waals surface area contributed by atoms with E-state index < -0.39 is 0 Å². The molecule has 0 saturated heterocycles. The standard InChI is InChI=1S/C19H29N3O/c1-6-8-19(17(15-23)14-20-3)22(5)12-11-21(4)18-10-7-9-16(2)13-18/h7,9-10,13-15H,6,8,11-12H2,1-5H3/b19-17-,20-14-. The molecule has 0 aliphatic rings. The molecule has 1 rings (SSSR count). The van der Waals surface area contributed by atoms with Crippen molar-refractivity contribution in [2.24, 2.45) is 4.99 Å². The zero-order chi connectivity index (χ0) is 17.2. The van der Waals surface area contributed by atoms with E-state index in [0.717, 1.165) is 37.9 Å². The van der Waals surface area contributed by atoms with Crippen LogP contribution in [0, 0.1) is 6.92 Å². The van der Waals surface area contributed by atoms with Crippen LogP contribution in [0.2, 0.25) is 0 Å². The number of likely N-dealkylation sites (N-methyl/N-ethyl adjacent to an activating group) is 2. The van der Waals surface area contributed by atoms with E-state index in [1.54, 1.807) is 13.3 Å². The lowest BCUT2D eigenvalue weighted by molar-refractivity contribution is -0.104. The van der Waals surface area contributed by atoms with E-state index in [-0.39, 0.29) is 0 Å². The quantitative estimate of drug-likeness (QED) is 0.398. The van der Waals surface area contributed by atoms with Gasteiger partial charge in [-0.05, 0) is 31.0 Å². The van der Waals surface area contributed by atoms with Crippen LogP contribution in [-0.4, -0.2) is 51.6 Å². The van der Waals surface area contributed by atoms with Crippen LogP contribution in [0.3, 0.4) is 0 Å². The van der Waals surface area contributed by atoms with Crippen LogP contribution in [0.25, 0.3) is 0 Å². The number of aryl methyl sites for hydroxylation is 1. The van der Waals surface area contributed by atoms with Crippen molar-refractivity contribution in [2.45, 2.75) is 26.7 Å². The molecule has 1 aromatic carbocycles. The highest BCUT2D eigenvalue weighted by molar-refractivity contribution is 6.02. The summed E-state index contributed by atoms with van der Waals surface area (Å²) in [5.74, 6) is 0. The summed E-state index contributed by atoms with van der Waals surface area (Å²) >= 11 is 0. The molecule has 0 amide bonds. The Bertz CT molecular complexity index is 563. The molecule has 0 aliphatic heterocycles. The molecule has 0 aromatic heterocycles. The number of aliphatic imine (C=N–C) groups is 1. The number of anilines is 1. The van der Waals surface area contributed by atoms with Gasteiger partial charge < -0.3 is 9.80 Å². The van der Waals surface area contributed by atoms with Gasteiger partial charge in [0.1, 0.15) is 0 Å². The van der Waals surface area contributed by atoms with E-state index in [1.165, 1.54) is 11.3 Å². The highest BCUT2D eigenvalue weighted by atomic mass is 16.1. The Morgan fingerprint density at radius 3 is 2.57 bits per heavy atom. The van der Waals surface area contributed by atoms with Crippen molar-refractivity contribution in [3.8, 4) is 0 Å². The van der Waals surface area contributed by atoms with Gasteiger partial charge in [-0.2, -0.15) is 0 Å². The van der Waals surface area contributed by atoms with Crippen LogP contribution < -0.4 is 4.90 Å². The Morgan fingerprint density at radius 2 is 2.00 bits per heavy atom. The number of nitrogens with zero attached hydrogens (tertiary/aromatic N) is 3. The molecule has 0 saturated carbocycles. The zero-order valence-electron chi connectivity index (χ0n) is 15.0. The maximum Gasteiger partial charge on any atom is 0.153 e. The lowest BCUT2D eigenvalue weighted by Crippen LogP contribution is -2.31. The monoisotopic (exact) mass is 315 g/mol. The fraction of sp³-hybridized carbons (Fsp3) is 0.474. The zero-order valence-corrected chi connectivity index (χ0v) is 15.0. The van der Waals surface area contributed by atoms with Crippen molar-refractivity contribution < 1.29 is 4.79 Å². The number of carbonyl (C=O) groups excluding carboxylic acids is 1. The van der Waals surface area contributed by atoms with Crippen molar-refractivity contribution in [1.82, 2.24) is 4.90 Å². The van der Waals surface area contributed by atoms with Gasteiger partial charge in [-0.3, -0.25) is 9.79 Å². The van der Waals surface area contributed by atoms with E-state index in [2.05, 4.69) is 60.0 Å². The summed E-state index contributed by atoms with van der Waals surface area (Å²) in [5, 5.41) is 0. The molecule has 0 fully saturated rings. The van der Waals surface area contributed by atoms with Crippen molar-refractivity contribution in [3.63, 3.8) is 0 Å². The van der Waals surface area contributed by atoms with E-state index >= 15 is 0 Å². The van der Waals surface area contributed by atoms with Crippen LogP contribution in [0.1, 0.15) is 25.3 Å². The molecule has 4 heteroatoms. The first kappa shape index (κ1) is 18.9. The topological polar surface area (TPSA) is 35.9 Å². The third-order valence-electron chi connectivity index (χ3n) is 3.89. The summed E-state index contributed by atoms with van der Waals surface area (Å²) < 4.78 is 0. The van der Waals surface area contributed by atoms with Crippen LogP contribution in [0.4, 0.5) is 5.69 Å². The maximum atomic E-state index is 11.3. The highest BCUT2D eigenvalue weighted by Crippen LogP contribution is 2.16. The van der Waals surface area contributed by atoms with Gasteiger partial charge in [-0.1, -0.05) is 25.5 Å². The summed E-state index contributed by atoms with van der Waals surface area (Å²) in [6.07, 6.45) is 4.44. The van der Waals surface area contributed by atoms with Gasteiger partial charge in [-0.25, -0.2) is 0 Å². The largest absolute Gasteiger partial charge is 0.375 e. The molecule has 0 unspecified atom stereocenters. The summed E-state index contributed by atoms with van der Waals surface area (Å²) in [4.78, 5) is 19.7. The van der Waals surface area contributed by atoms with Gasteiger partial charge in [0.25, 0.3) is 0 Å². The SMILES string of the molecule is CCC/C(=C(C=O)\C=N/C)N(C)CCN(C)c1cccc(C)c1. The minimum Gasteiger partial charge on any atom is -0.375 e. The fourth-order valence-electron chi connectivity index (χ4n) is 2.53. The number of hydrogen-bond donors (Lipinski definition) is 0. The molecular formula is C19H29N3O. The highest BCUT2D eigenvalue weighted by Gasteiger charge is 2.10. The summed E-state index contributed by atoms with van der Waals surface area (Å²) in [6, 6.07) is 8.49. The maximum absolute atomic E-state index is 11.3. The lowest BCUT2D eigenvalue weighted by Gasteiger charge is -2.27. The fourth-order valence-corrected chi connectivity index (χ4v) is 2.53. The first-order chi connectivity index (χ1) is 11.0. The van der Waals surface area contributed by atoms with Gasteiger partial charge in [0.05, 0.1) is 5.57 Å². The Morgan fingerprint density at radius 1 is 1.26 bits per heavy atom. The predicted octanol–water partition coefficient (Wildman–Crippen LogP) is 3.32. The van der Waals surface area contributed by atoms with Crippen molar-refractivity contribution in [1.29, 1.82) is 0 Å². The average molecular weight is 315 g/mol. The van der Waals surface area contributed by atoms with Gasteiger partial charge in [0.15, 0.2) is 6.29 Å². The lowest BCUT2D eigenvalue weighted by atomic mass is 10.1. The molecule has 4 nitrogen and oxygen atoms in total. The molecule has 0 bridgehead atoms. The van der Waals surface area contributed by atoms with Crippen LogP contribution >= 0.6 is 0 Å². The van der Waals surface area contributed by atoms with Gasteiger partial charge >= 0.3 is 0 Å². The number of rotatable bonds is 9. The number of hydrogen-bond acceptors (Lipinski definition) is 4. The molecule has 0 N–H and O–H groups in total. The Balaban J connectivity index is 2.79. The number of aldehydes is 1. The van der Waals surface area contributed by atoms with Crippen LogP contribution in [0.15, 0.2) is 40.5 Å². The molecule has 0 aliphatic carbocycles. The van der Waals surface area contributed by atoms with E-state index in [9.17, 15) is 4.79 Å². The summed E-state index contributed by atoms with van der Waals surface area (Å²) in [5.41, 5.74) is 4.21. The minimum atomic E-state index is 0.676. The van der Waals surface area contributed by atoms with Crippen molar-refractivity contribution >= 4 is 18.2 Å². The Kier molecular flexibility index (Phi) is 8.09. The first-order valence-corrected chi connectivity index (χ1v) is 8.12. The van der Waals surface area contributed by atoms with Gasteiger partial charge in [0, 0.05) is 51.8 Å². The second kappa shape index (κ2) is 9.82. The predicted molar refractivity (Wildman–Crippen MR) is 99.5 cm³/mol. The minimum absolute atomic E-state index is 0.676. The second-order valence-corrected chi connectivity index (χ2v) is 5.84. The van der Waals surface area contributed by atoms with E-state index in [0.29, 0.717) is 5.57 Å². The smallest absolute Gasteiger partial charge is 0.153 e. The molecule has 0 radical (unpaired) electrons. The molecule has 23 heavy (non-hydrogen) atoms. The molecule has 0 atom stereocenters. The van der Waals surface area contributed by atoms with Crippen LogP contribution in [-0.2, 0) is 4.79 Å². The number of allylic oxidation sites excluding steroid dienone is 2. The van der Waals surface area contributed by atoms with E-state index in [4.69, 9.17) is 0 Å². The first-order valence-electron chi connectivity index (χ1n) is 8.12. The average Bonchev–Trinajstić information content (AvgIpc) is 2.55. The number of carbonyl (C=O) groups is 1. The Labute approximate surface area is 140 Å². The number of benzene rings is 1. The third-order valence-corrected chi connectivity index (χ3v) is 3.89. The molecule has 0 spiro atoms. The second-order valence-electron chi connectivity index (χ2n) is 5.84. The van der Waals surface area contributed by atoms with Gasteiger partial charge in [-0.15, -0.1) is 0 Å². The normalized spacial score (nSPS) is 12.2. The van der Waals surface area contributed by atoms with E-state index in [1.807, 2.05) is 7.05 Å². The molecule has 0 heterocycles. The summed E-state index contributed by atoms with van der Waals surface area (Å²) in [6.45, 7) is 5.97.